The van der Waals surface area contributed by atoms with Gasteiger partial charge in [0.25, 0.3) is 0 Å². The summed E-state index contributed by atoms with van der Waals surface area (Å²) in [6.07, 6.45) is 10.9. The van der Waals surface area contributed by atoms with Crippen molar-refractivity contribution in [3.8, 4) is 5.75 Å². The lowest BCUT2D eigenvalue weighted by molar-refractivity contribution is 0.225. The Kier molecular flexibility index (Phi) is 4.69. The minimum absolute atomic E-state index is 0.142. The maximum Gasteiger partial charge on any atom is 0.129 e. The van der Waals surface area contributed by atoms with Gasteiger partial charge in [-0.3, -0.25) is 9.89 Å². The van der Waals surface area contributed by atoms with Crippen LogP contribution in [0.5, 0.6) is 5.75 Å². The fraction of sp³-hybridized carbons (Fsp3) is 0.269. The highest BCUT2D eigenvalue weighted by molar-refractivity contribution is 6.07. The summed E-state index contributed by atoms with van der Waals surface area (Å²) in [4.78, 5) is 7.49. The third kappa shape index (κ3) is 3.26. The lowest BCUT2D eigenvalue weighted by Crippen LogP contribution is -2.55. The Balaban J connectivity index is 1.42. The summed E-state index contributed by atoms with van der Waals surface area (Å²) in [6, 6.07) is 20.7. The molecule has 5 rings (SSSR count). The highest BCUT2D eigenvalue weighted by atomic mass is 16.5. The number of hydrogen-bond donors (Lipinski definition) is 0. The lowest BCUT2D eigenvalue weighted by atomic mass is 9.73. The van der Waals surface area contributed by atoms with Gasteiger partial charge in [0.2, 0.25) is 0 Å². The molecule has 29 heavy (non-hydrogen) atoms. The number of ether oxygens (including phenoxy) is 1. The Morgan fingerprint density at radius 3 is 2.62 bits per heavy atom. The SMILES string of the molecule is CC1=CN=C2C=C(Oc3ccccc3)C=CC23C1CCN3CCc1ccccc1. The molecule has 146 valence electrons. The van der Waals surface area contributed by atoms with Crippen molar-refractivity contribution < 1.29 is 4.74 Å². The Morgan fingerprint density at radius 2 is 1.83 bits per heavy atom. The minimum atomic E-state index is -0.142. The molecule has 2 aliphatic heterocycles. The van der Waals surface area contributed by atoms with Crippen LogP contribution in [0.1, 0.15) is 18.9 Å². The monoisotopic (exact) mass is 382 g/mol. The molecular weight excluding hydrogens is 356 g/mol. The van der Waals surface area contributed by atoms with Crippen molar-refractivity contribution in [2.45, 2.75) is 25.3 Å². The molecule has 0 saturated carbocycles. The molecule has 3 heteroatoms. The lowest BCUT2D eigenvalue weighted by Gasteiger charge is -2.44. The van der Waals surface area contributed by atoms with Crippen LogP contribution in [-0.4, -0.2) is 29.2 Å². The van der Waals surface area contributed by atoms with Crippen molar-refractivity contribution in [1.82, 2.24) is 4.90 Å². The predicted molar refractivity (Wildman–Crippen MR) is 118 cm³/mol. The molecule has 2 heterocycles. The molecule has 1 spiro atoms. The summed E-state index contributed by atoms with van der Waals surface area (Å²) in [7, 11) is 0. The standard InChI is InChI=1S/C26H26N2O/c1-20-19-27-25-18-23(29-22-10-6-3-7-11-22)12-15-26(25)24(20)14-17-28(26)16-13-21-8-4-2-5-9-21/h2-12,15,18-19,24H,13-14,16-17H2,1H3. The number of hydrogen-bond acceptors (Lipinski definition) is 3. The number of nitrogens with zero attached hydrogens (tertiary/aromatic N) is 2. The van der Waals surface area contributed by atoms with Crippen LogP contribution >= 0.6 is 0 Å². The van der Waals surface area contributed by atoms with Gasteiger partial charge in [-0.25, -0.2) is 0 Å². The second kappa shape index (κ2) is 7.49. The van der Waals surface area contributed by atoms with Crippen molar-refractivity contribution >= 4 is 5.71 Å². The van der Waals surface area contributed by atoms with Gasteiger partial charge in [0.1, 0.15) is 11.5 Å². The van der Waals surface area contributed by atoms with Gasteiger partial charge in [0.15, 0.2) is 0 Å². The van der Waals surface area contributed by atoms with E-state index in [1.165, 1.54) is 17.6 Å². The Labute approximate surface area is 172 Å². The van der Waals surface area contributed by atoms with Crippen molar-refractivity contribution in [2.75, 3.05) is 13.1 Å². The van der Waals surface area contributed by atoms with Gasteiger partial charge in [0.05, 0.1) is 11.3 Å². The van der Waals surface area contributed by atoms with Crippen molar-refractivity contribution in [2.24, 2.45) is 10.9 Å². The Hall–Kier alpha value is -2.91. The fourth-order valence-electron chi connectivity index (χ4n) is 4.94. The Morgan fingerprint density at radius 1 is 1.07 bits per heavy atom. The van der Waals surface area contributed by atoms with Crippen LogP contribution in [0.25, 0.3) is 0 Å². The number of benzene rings is 2. The summed E-state index contributed by atoms with van der Waals surface area (Å²) in [5, 5.41) is 0. The van der Waals surface area contributed by atoms with Crippen molar-refractivity contribution in [1.29, 1.82) is 0 Å². The van der Waals surface area contributed by atoms with Gasteiger partial charge in [-0.15, -0.1) is 0 Å². The van der Waals surface area contributed by atoms with E-state index in [1.54, 1.807) is 0 Å². The molecule has 0 bridgehead atoms. The third-order valence-electron chi connectivity index (χ3n) is 6.38. The predicted octanol–water partition coefficient (Wildman–Crippen LogP) is 5.18. The van der Waals surface area contributed by atoms with Gasteiger partial charge in [0, 0.05) is 31.3 Å². The molecule has 1 saturated heterocycles. The van der Waals surface area contributed by atoms with Crippen LogP contribution in [0.3, 0.4) is 0 Å². The van der Waals surface area contributed by atoms with Crippen molar-refractivity contribution in [3.63, 3.8) is 0 Å². The number of allylic oxidation sites excluding steroid dienone is 1. The molecule has 0 radical (unpaired) electrons. The van der Waals surface area contributed by atoms with Crippen LogP contribution in [0.2, 0.25) is 0 Å². The average Bonchev–Trinajstić information content (AvgIpc) is 3.14. The topological polar surface area (TPSA) is 24.8 Å². The zero-order chi connectivity index (χ0) is 19.7. The highest BCUT2D eigenvalue weighted by Gasteiger charge is 2.52. The molecule has 0 amide bonds. The van der Waals surface area contributed by atoms with Gasteiger partial charge in [-0.1, -0.05) is 54.6 Å². The first-order chi connectivity index (χ1) is 14.3. The molecule has 3 aliphatic rings. The molecule has 2 unspecified atom stereocenters. The van der Waals surface area contributed by atoms with E-state index in [4.69, 9.17) is 9.73 Å². The summed E-state index contributed by atoms with van der Waals surface area (Å²) >= 11 is 0. The highest BCUT2D eigenvalue weighted by Crippen LogP contribution is 2.46. The molecule has 1 aliphatic carbocycles. The first-order valence-corrected chi connectivity index (χ1v) is 10.4. The van der Waals surface area contributed by atoms with Crippen molar-refractivity contribution in [3.05, 3.63) is 102 Å². The van der Waals surface area contributed by atoms with Gasteiger partial charge < -0.3 is 4.74 Å². The number of rotatable bonds is 5. The van der Waals surface area contributed by atoms with Gasteiger partial charge in [-0.05, 0) is 49.1 Å². The minimum Gasteiger partial charge on any atom is -0.457 e. The molecule has 2 atom stereocenters. The summed E-state index contributed by atoms with van der Waals surface area (Å²) in [6.45, 7) is 4.34. The number of para-hydroxylation sites is 1. The van der Waals surface area contributed by atoms with E-state index >= 15 is 0 Å². The van der Waals surface area contributed by atoms with Crippen LogP contribution in [0.15, 0.2) is 101 Å². The normalized spacial score (nSPS) is 25.6. The van der Waals surface area contributed by atoms with E-state index in [-0.39, 0.29) is 5.54 Å². The maximum atomic E-state index is 6.10. The fourth-order valence-corrected chi connectivity index (χ4v) is 4.94. The Bertz CT molecular complexity index is 1000. The summed E-state index contributed by atoms with van der Waals surface area (Å²) in [5.41, 5.74) is 3.72. The van der Waals surface area contributed by atoms with E-state index in [9.17, 15) is 0 Å². The molecule has 1 fully saturated rings. The number of likely N-dealkylation sites (tertiary alicyclic amines) is 1. The number of aliphatic imine (C=N–C) groups is 1. The first kappa shape index (κ1) is 18.1. The van der Waals surface area contributed by atoms with E-state index < -0.39 is 0 Å². The molecule has 2 aromatic carbocycles. The van der Waals surface area contributed by atoms with Gasteiger partial charge >= 0.3 is 0 Å². The van der Waals surface area contributed by atoms with E-state index in [0.717, 1.165) is 36.7 Å². The second-order valence-electron chi connectivity index (χ2n) is 8.07. The molecule has 0 aromatic heterocycles. The molecular formula is C26H26N2O. The molecule has 3 nitrogen and oxygen atoms in total. The smallest absolute Gasteiger partial charge is 0.129 e. The molecule has 0 N–H and O–H groups in total. The molecule has 2 aromatic rings. The largest absolute Gasteiger partial charge is 0.457 e. The van der Waals surface area contributed by atoms with Crippen LogP contribution < -0.4 is 4.74 Å². The maximum absolute atomic E-state index is 6.10. The second-order valence-corrected chi connectivity index (χ2v) is 8.07. The third-order valence-corrected chi connectivity index (χ3v) is 6.38. The summed E-state index contributed by atoms with van der Waals surface area (Å²) < 4.78 is 6.10. The van der Waals surface area contributed by atoms with E-state index in [1.807, 2.05) is 30.3 Å². The zero-order valence-electron chi connectivity index (χ0n) is 16.8. The van der Waals surface area contributed by atoms with Gasteiger partial charge in [-0.2, -0.15) is 0 Å². The quantitative estimate of drug-likeness (QED) is 0.712. The van der Waals surface area contributed by atoms with E-state index in [2.05, 4.69) is 66.6 Å². The van der Waals surface area contributed by atoms with Crippen LogP contribution in [0.4, 0.5) is 0 Å². The van der Waals surface area contributed by atoms with Crippen LogP contribution in [0, 0.1) is 5.92 Å². The van der Waals surface area contributed by atoms with E-state index in [0.29, 0.717) is 5.92 Å². The average molecular weight is 383 g/mol. The zero-order valence-corrected chi connectivity index (χ0v) is 16.8. The first-order valence-electron chi connectivity index (χ1n) is 10.4. The van der Waals surface area contributed by atoms with Crippen LogP contribution in [-0.2, 0) is 6.42 Å². The summed E-state index contributed by atoms with van der Waals surface area (Å²) in [5.74, 6) is 2.19.